The van der Waals surface area contributed by atoms with Gasteiger partial charge in [-0.05, 0) is 40.0 Å². The number of imidazole rings is 1. The third-order valence-electron chi connectivity index (χ3n) is 3.62. The average molecular weight is 414 g/mol. The van der Waals surface area contributed by atoms with Crippen LogP contribution in [0, 0.1) is 5.92 Å². The van der Waals surface area contributed by atoms with Gasteiger partial charge in [0.15, 0.2) is 11.6 Å². The molecule has 0 radical (unpaired) electrons. The van der Waals surface area contributed by atoms with E-state index in [1.54, 1.807) is 0 Å². The molecule has 0 saturated carbocycles. The number of hydrogen-bond donors (Lipinski definition) is 3. The van der Waals surface area contributed by atoms with E-state index in [0.717, 1.165) is 5.52 Å². The molecule has 3 rings (SSSR count). The van der Waals surface area contributed by atoms with Crippen molar-refractivity contribution in [1.29, 1.82) is 0 Å². The summed E-state index contributed by atoms with van der Waals surface area (Å²) in [5, 5.41) is -0.180. The molecule has 0 amide bonds. The first-order chi connectivity index (χ1) is 11.2. The maximum atomic E-state index is 11.7. The average Bonchev–Trinajstić information content (AvgIpc) is 3.07. The van der Waals surface area contributed by atoms with Crippen LogP contribution in [-0.2, 0) is 11.1 Å². The molecule has 0 bridgehead atoms. The molecule has 0 fully saturated rings. The highest BCUT2D eigenvalue weighted by molar-refractivity contribution is 9.10. The van der Waals surface area contributed by atoms with Gasteiger partial charge < -0.3 is 24.5 Å². The van der Waals surface area contributed by atoms with Crippen LogP contribution in [0.3, 0.4) is 0 Å². The van der Waals surface area contributed by atoms with E-state index in [9.17, 15) is 14.4 Å². The molecule has 0 unspecified atom stereocenters. The van der Waals surface area contributed by atoms with E-state index >= 15 is 0 Å². The fourth-order valence-corrected chi connectivity index (χ4v) is 3.60. The highest BCUT2D eigenvalue weighted by atomic mass is 79.9. The van der Waals surface area contributed by atoms with Crippen molar-refractivity contribution < 1.29 is 18.8 Å². The predicted molar refractivity (Wildman–Crippen MR) is 96.1 cm³/mol. The van der Waals surface area contributed by atoms with Gasteiger partial charge in [-0.2, -0.15) is 0 Å². The topological polar surface area (TPSA) is 115 Å². The Bertz CT molecular complexity index is 957. The van der Waals surface area contributed by atoms with Gasteiger partial charge in [0.2, 0.25) is 0 Å². The number of halogens is 1. The minimum absolute atomic E-state index is 0.0655. The number of hydrogen-bond acceptors (Lipinski definition) is 4. The lowest BCUT2D eigenvalue weighted by atomic mass is 10.2. The summed E-state index contributed by atoms with van der Waals surface area (Å²) >= 11 is 3.37. The van der Waals surface area contributed by atoms with Gasteiger partial charge in [-0.15, -0.1) is 0 Å². The Morgan fingerprint density at radius 1 is 1.38 bits per heavy atom. The van der Waals surface area contributed by atoms with Crippen molar-refractivity contribution in [2.24, 2.45) is 5.92 Å². The van der Waals surface area contributed by atoms with Gasteiger partial charge in [-0.25, -0.2) is 4.98 Å². The first-order valence-corrected chi connectivity index (χ1v) is 9.69. The fourth-order valence-electron chi connectivity index (χ4n) is 2.61. The quantitative estimate of drug-likeness (QED) is 0.447. The SMILES string of the molecule is CC(C)Cn1c(-c2occc2P(=O)(O)O)nc2c(N)c(Br)ccc21. The molecule has 0 aliphatic rings. The molecule has 9 heteroatoms. The number of fused-ring (bicyclic) bond motifs is 1. The predicted octanol–water partition coefficient (Wildman–Crippen LogP) is 3.10. The largest absolute Gasteiger partial charge is 0.460 e. The fraction of sp³-hybridized carbons (Fsp3) is 0.267. The second-order valence-corrected chi connectivity index (χ2v) is 8.37. The number of furan rings is 1. The van der Waals surface area contributed by atoms with Gasteiger partial charge in [0, 0.05) is 11.0 Å². The van der Waals surface area contributed by atoms with Crippen molar-refractivity contribution in [2.75, 3.05) is 5.73 Å². The number of nitrogens with zero attached hydrogens (tertiary/aromatic N) is 2. The lowest BCUT2D eigenvalue weighted by molar-refractivity contribution is 0.387. The number of aromatic nitrogens is 2. The second kappa shape index (κ2) is 6.04. The lowest BCUT2D eigenvalue weighted by Crippen LogP contribution is -2.10. The van der Waals surface area contributed by atoms with Crippen LogP contribution < -0.4 is 11.0 Å². The standard InChI is InChI=1S/C15H17BrN3O4P/c1-8(2)7-19-10-4-3-9(16)12(17)13(10)18-15(19)14-11(5-6-23-14)24(20,21)22/h3-6,8H,7,17H2,1-2H3,(H2,20,21,22). The zero-order valence-corrected chi connectivity index (χ0v) is 15.6. The van der Waals surface area contributed by atoms with Crippen LogP contribution in [0.25, 0.3) is 22.6 Å². The molecule has 0 aliphatic carbocycles. The summed E-state index contributed by atoms with van der Waals surface area (Å²) in [4.78, 5) is 23.6. The number of anilines is 1. The molecular formula is C15H17BrN3O4P. The summed E-state index contributed by atoms with van der Waals surface area (Å²) in [6.07, 6.45) is 1.25. The van der Waals surface area contributed by atoms with E-state index < -0.39 is 7.60 Å². The maximum absolute atomic E-state index is 11.7. The molecule has 3 aromatic rings. The van der Waals surface area contributed by atoms with Crippen molar-refractivity contribution in [1.82, 2.24) is 9.55 Å². The van der Waals surface area contributed by atoms with Crippen molar-refractivity contribution in [3.63, 3.8) is 0 Å². The van der Waals surface area contributed by atoms with Crippen LogP contribution in [0.2, 0.25) is 0 Å². The Morgan fingerprint density at radius 2 is 2.08 bits per heavy atom. The first-order valence-electron chi connectivity index (χ1n) is 7.28. The van der Waals surface area contributed by atoms with Gasteiger partial charge in [-0.3, -0.25) is 4.57 Å². The molecule has 24 heavy (non-hydrogen) atoms. The van der Waals surface area contributed by atoms with Gasteiger partial charge >= 0.3 is 7.60 Å². The number of nitrogen functional groups attached to an aromatic ring is 1. The van der Waals surface area contributed by atoms with Gasteiger partial charge in [0.05, 0.1) is 17.5 Å². The molecule has 0 aliphatic heterocycles. The van der Waals surface area contributed by atoms with E-state index in [1.807, 2.05) is 30.5 Å². The summed E-state index contributed by atoms with van der Waals surface area (Å²) in [6.45, 7) is 4.70. The zero-order chi connectivity index (χ0) is 17.6. The van der Waals surface area contributed by atoms with Crippen LogP contribution in [0.1, 0.15) is 13.8 Å². The van der Waals surface area contributed by atoms with Gasteiger partial charge in [-0.1, -0.05) is 13.8 Å². The minimum atomic E-state index is -4.48. The van der Waals surface area contributed by atoms with E-state index in [2.05, 4.69) is 20.9 Å². The molecule has 0 spiro atoms. The van der Waals surface area contributed by atoms with E-state index in [4.69, 9.17) is 10.2 Å². The minimum Gasteiger partial charge on any atom is -0.460 e. The highest BCUT2D eigenvalue weighted by Crippen LogP contribution is 2.40. The zero-order valence-electron chi connectivity index (χ0n) is 13.1. The van der Waals surface area contributed by atoms with Crippen LogP contribution >= 0.6 is 23.5 Å². The summed E-state index contributed by atoms with van der Waals surface area (Å²) in [5.74, 6) is 0.710. The number of rotatable bonds is 4. The summed E-state index contributed by atoms with van der Waals surface area (Å²) in [7, 11) is -4.48. The van der Waals surface area contributed by atoms with Crippen molar-refractivity contribution >= 4 is 45.6 Å². The molecule has 2 aromatic heterocycles. The molecule has 2 heterocycles. The third kappa shape index (κ3) is 2.91. The Kier molecular flexibility index (Phi) is 4.34. The normalized spacial score (nSPS) is 12.4. The highest BCUT2D eigenvalue weighted by Gasteiger charge is 2.29. The van der Waals surface area contributed by atoms with Crippen LogP contribution in [0.15, 0.2) is 33.4 Å². The van der Waals surface area contributed by atoms with Crippen LogP contribution in [-0.4, -0.2) is 19.3 Å². The first kappa shape index (κ1) is 17.2. The van der Waals surface area contributed by atoms with Gasteiger partial charge in [0.1, 0.15) is 10.8 Å². The Balaban J connectivity index is 2.34. The molecule has 0 atom stereocenters. The third-order valence-corrected chi connectivity index (χ3v) is 5.29. The van der Waals surface area contributed by atoms with Crippen molar-refractivity contribution in [3.05, 3.63) is 28.9 Å². The molecule has 4 N–H and O–H groups in total. The van der Waals surface area contributed by atoms with Crippen LogP contribution in [0.5, 0.6) is 0 Å². The van der Waals surface area contributed by atoms with Crippen molar-refractivity contribution in [3.8, 4) is 11.6 Å². The molecule has 128 valence electrons. The molecule has 1 aromatic carbocycles. The van der Waals surface area contributed by atoms with E-state index in [1.165, 1.54) is 12.3 Å². The summed E-state index contributed by atoms with van der Waals surface area (Å²) < 4.78 is 19.7. The molecular weight excluding hydrogens is 397 g/mol. The number of nitrogens with two attached hydrogens (primary N) is 1. The lowest BCUT2D eigenvalue weighted by Gasteiger charge is -2.12. The van der Waals surface area contributed by atoms with Crippen molar-refractivity contribution in [2.45, 2.75) is 20.4 Å². The smallest absolute Gasteiger partial charge is 0.360 e. The van der Waals surface area contributed by atoms with E-state index in [0.29, 0.717) is 34.0 Å². The monoisotopic (exact) mass is 413 g/mol. The Hall–Kier alpha value is -1.60. The van der Waals surface area contributed by atoms with Crippen LogP contribution in [0.4, 0.5) is 5.69 Å². The second-order valence-electron chi connectivity index (χ2n) is 5.95. The van der Waals surface area contributed by atoms with E-state index in [-0.39, 0.29) is 11.1 Å². The Labute approximate surface area is 146 Å². The summed E-state index contributed by atoms with van der Waals surface area (Å²) in [6, 6.07) is 4.97. The Morgan fingerprint density at radius 3 is 2.71 bits per heavy atom. The molecule has 7 nitrogen and oxygen atoms in total. The number of benzene rings is 1. The molecule has 0 saturated heterocycles. The van der Waals surface area contributed by atoms with Gasteiger partial charge in [0.25, 0.3) is 0 Å². The summed E-state index contributed by atoms with van der Waals surface area (Å²) in [5.41, 5.74) is 7.92. The maximum Gasteiger partial charge on any atom is 0.360 e.